The van der Waals surface area contributed by atoms with Crippen LogP contribution in [-0.2, 0) is 6.54 Å². The van der Waals surface area contributed by atoms with Crippen LogP contribution in [0, 0.1) is 5.92 Å². The molecule has 1 fully saturated rings. The van der Waals surface area contributed by atoms with Crippen LogP contribution < -0.4 is 0 Å². The molecule has 0 unspecified atom stereocenters. The lowest BCUT2D eigenvalue weighted by Crippen LogP contribution is -2.35. The second-order valence-electron chi connectivity index (χ2n) is 6.43. The Labute approximate surface area is 142 Å². The van der Waals surface area contributed by atoms with Crippen molar-refractivity contribution in [3.8, 4) is 11.5 Å². The standard InChI is InChI=1S/C18H23ClN2O2/c1-21(17-7-5-13(11-22)6-8-17)10-16-12-23-18(20-16)14-3-2-4-15(19)9-14/h2-4,9,12-13,17,22H,5-8,10-11H2,1H3. The first-order chi connectivity index (χ1) is 11.2. The zero-order valence-electron chi connectivity index (χ0n) is 13.4. The van der Waals surface area contributed by atoms with Crippen LogP contribution in [0.4, 0.5) is 0 Å². The third-order valence-electron chi connectivity index (χ3n) is 4.73. The van der Waals surface area contributed by atoms with Gasteiger partial charge in [-0.15, -0.1) is 0 Å². The topological polar surface area (TPSA) is 49.5 Å². The molecule has 0 radical (unpaired) electrons. The fourth-order valence-electron chi connectivity index (χ4n) is 3.29. The fourth-order valence-corrected chi connectivity index (χ4v) is 3.48. The molecular formula is C18H23ClN2O2. The summed E-state index contributed by atoms with van der Waals surface area (Å²) in [6.45, 7) is 1.10. The highest BCUT2D eigenvalue weighted by Crippen LogP contribution is 2.28. The van der Waals surface area contributed by atoms with Crippen molar-refractivity contribution in [1.82, 2.24) is 9.88 Å². The SMILES string of the molecule is CN(Cc1coc(-c2cccc(Cl)c2)n1)C1CCC(CO)CC1. The van der Waals surface area contributed by atoms with Crippen LogP contribution in [0.1, 0.15) is 31.4 Å². The van der Waals surface area contributed by atoms with Gasteiger partial charge in [-0.2, -0.15) is 0 Å². The molecule has 23 heavy (non-hydrogen) atoms. The van der Waals surface area contributed by atoms with Crippen LogP contribution in [0.15, 0.2) is 34.9 Å². The van der Waals surface area contributed by atoms with Crippen molar-refractivity contribution in [2.45, 2.75) is 38.3 Å². The minimum Gasteiger partial charge on any atom is -0.444 e. The first-order valence-electron chi connectivity index (χ1n) is 8.17. The van der Waals surface area contributed by atoms with E-state index in [1.165, 1.54) is 0 Å². The molecule has 2 aromatic rings. The maximum atomic E-state index is 9.24. The Hall–Kier alpha value is -1.36. The van der Waals surface area contributed by atoms with E-state index >= 15 is 0 Å². The van der Waals surface area contributed by atoms with Crippen molar-refractivity contribution in [1.29, 1.82) is 0 Å². The van der Waals surface area contributed by atoms with Gasteiger partial charge in [0.05, 0.1) is 5.69 Å². The molecule has 3 rings (SSSR count). The number of aliphatic hydroxyl groups excluding tert-OH is 1. The Morgan fingerprint density at radius 2 is 2.09 bits per heavy atom. The van der Waals surface area contributed by atoms with E-state index < -0.39 is 0 Å². The Bertz CT molecular complexity index is 635. The van der Waals surface area contributed by atoms with E-state index in [2.05, 4.69) is 16.9 Å². The van der Waals surface area contributed by atoms with Crippen molar-refractivity contribution in [2.75, 3.05) is 13.7 Å². The fraction of sp³-hybridized carbons (Fsp3) is 0.500. The van der Waals surface area contributed by atoms with Gasteiger partial charge in [-0.25, -0.2) is 4.98 Å². The van der Waals surface area contributed by atoms with Crippen molar-refractivity contribution in [3.63, 3.8) is 0 Å². The summed E-state index contributed by atoms with van der Waals surface area (Å²) in [4.78, 5) is 6.92. The molecule has 0 spiro atoms. The van der Waals surface area contributed by atoms with Crippen LogP contribution in [0.2, 0.25) is 5.02 Å². The number of aliphatic hydroxyl groups is 1. The molecule has 1 aromatic carbocycles. The van der Waals surface area contributed by atoms with Gasteiger partial charge in [0.1, 0.15) is 6.26 Å². The highest BCUT2D eigenvalue weighted by Gasteiger charge is 2.24. The Morgan fingerprint density at radius 1 is 1.30 bits per heavy atom. The van der Waals surface area contributed by atoms with Gasteiger partial charge in [-0.05, 0) is 56.8 Å². The molecule has 1 saturated carbocycles. The quantitative estimate of drug-likeness (QED) is 0.898. The van der Waals surface area contributed by atoms with Gasteiger partial charge in [0.25, 0.3) is 0 Å². The number of hydrogen-bond donors (Lipinski definition) is 1. The number of halogens is 1. The number of nitrogens with zero attached hydrogens (tertiary/aromatic N) is 2. The molecule has 4 nitrogen and oxygen atoms in total. The van der Waals surface area contributed by atoms with Gasteiger partial charge < -0.3 is 9.52 Å². The molecule has 0 amide bonds. The van der Waals surface area contributed by atoms with Gasteiger partial charge in [-0.1, -0.05) is 17.7 Å². The molecule has 1 aliphatic rings. The monoisotopic (exact) mass is 334 g/mol. The van der Waals surface area contributed by atoms with E-state index in [1.54, 1.807) is 6.26 Å². The molecule has 0 bridgehead atoms. The summed E-state index contributed by atoms with van der Waals surface area (Å²) in [6.07, 6.45) is 6.23. The largest absolute Gasteiger partial charge is 0.444 e. The number of hydrogen-bond acceptors (Lipinski definition) is 4. The second kappa shape index (κ2) is 7.47. The summed E-state index contributed by atoms with van der Waals surface area (Å²) in [5, 5.41) is 9.92. The van der Waals surface area contributed by atoms with Crippen molar-refractivity contribution in [3.05, 3.63) is 41.2 Å². The van der Waals surface area contributed by atoms with Gasteiger partial charge >= 0.3 is 0 Å². The summed E-state index contributed by atoms with van der Waals surface area (Å²) >= 11 is 6.02. The Kier molecular flexibility index (Phi) is 5.36. The van der Waals surface area contributed by atoms with E-state index in [-0.39, 0.29) is 0 Å². The van der Waals surface area contributed by atoms with E-state index in [1.807, 2.05) is 24.3 Å². The maximum Gasteiger partial charge on any atom is 0.226 e. The van der Waals surface area contributed by atoms with E-state index in [0.29, 0.717) is 29.5 Å². The lowest BCUT2D eigenvalue weighted by Gasteiger charge is -2.33. The normalized spacial score (nSPS) is 21.7. The molecule has 1 heterocycles. The number of rotatable bonds is 5. The first-order valence-corrected chi connectivity index (χ1v) is 8.55. The molecule has 0 aliphatic heterocycles. The summed E-state index contributed by atoms with van der Waals surface area (Å²) in [5.74, 6) is 1.10. The Morgan fingerprint density at radius 3 is 2.78 bits per heavy atom. The summed E-state index contributed by atoms with van der Waals surface area (Å²) in [6, 6.07) is 8.10. The zero-order chi connectivity index (χ0) is 16.2. The molecule has 124 valence electrons. The highest BCUT2D eigenvalue weighted by molar-refractivity contribution is 6.30. The second-order valence-corrected chi connectivity index (χ2v) is 6.86. The molecule has 1 aliphatic carbocycles. The maximum absolute atomic E-state index is 9.24. The minimum absolute atomic E-state index is 0.322. The number of aromatic nitrogens is 1. The van der Waals surface area contributed by atoms with Gasteiger partial charge in [0, 0.05) is 29.8 Å². The van der Waals surface area contributed by atoms with Crippen molar-refractivity contribution >= 4 is 11.6 Å². The van der Waals surface area contributed by atoms with Crippen LogP contribution >= 0.6 is 11.6 Å². The van der Waals surface area contributed by atoms with Crippen molar-refractivity contribution in [2.24, 2.45) is 5.92 Å². The van der Waals surface area contributed by atoms with Crippen LogP contribution in [0.3, 0.4) is 0 Å². The predicted octanol–water partition coefficient (Wildman–Crippen LogP) is 3.98. The van der Waals surface area contributed by atoms with Crippen LogP contribution in [0.5, 0.6) is 0 Å². The molecule has 0 saturated heterocycles. The van der Waals surface area contributed by atoms with E-state index in [9.17, 15) is 5.11 Å². The predicted molar refractivity (Wildman–Crippen MR) is 91.2 cm³/mol. The number of oxazole rings is 1. The van der Waals surface area contributed by atoms with Crippen molar-refractivity contribution < 1.29 is 9.52 Å². The summed E-state index contributed by atoms with van der Waals surface area (Å²) in [5.41, 5.74) is 1.83. The lowest BCUT2D eigenvalue weighted by molar-refractivity contribution is 0.123. The summed E-state index contributed by atoms with van der Waals surface area (Å²) in [7, 11) is 2.14. The third kappa shape index (κ3) is 4.14. The minimum atomic E-state index is 0.322. The first kappa shape index (κ1) is 16.5. The van der Waals surface area contributed by atoms with Gasteiger partial charge in [0.15, 0.2) is 0 Å². The van der Waals surface area contributed by atoms with Crippen LogP contribution in [0.25, 0.3) is 11.5 Å². The molecule has 1 aromatic heterocycles. The highest BCUT2D eigenvalue weighted by atomic mass is 35.5. The molecule has 0 atom stereocenters. The van der Waals surface area contributed by atoms with E-state index in [4.69, 9.17) is 16.0 Å². The van der Waals surface area contributed by atoms with Gasteiger partial charge in [0.2, 0.25) is 5.89 Å². The molecular weight excluding hydrogens is 312 g/mol. The number of benzene rings is 1. The average molecular weight is 335 g/mol. The summed E-state index contributed by atoms with van der Waals surface area (Å²) < 4.78 is 5.60. The Balaban J connectivity index is 1.60. The smallest absolute Gasteiger partial charge is 0.226 e. The molecule has 5 heteroatoms. The van der Waals surface area contributed by atoms with E-state index in [0.717, 1.165) is 43.5 Å². The zero-order valence-corrected chi connectivity index (χ0v) is 14.2. The lowest BCUT2D eigenvalue weighted by atomic mass is 9.86. The van der Waals surface area contributed by atoms with Gasteiger partial charge in [-0.3, -0.25) is 4.90 Å². The third-order valence-corrected chi connectivity index (χ3v) is 4.97. The average Bonchev–Trinajstić information content (AvgIpc) is 3.03. The molecule has 1 N–H and O–H groups in total. The van der Waals surface area contributed by atoms with Crippen LogP contribution in [-0.4, -0.2) is 34.7 Å².